The number of carbonyl (C=O) groups is 1. The van der Waals surface area contributed by atoms with Gasteiger partial charge in [-0.2, -0.15) is 0 Å². The molecule has 0 aromatic carbocycles. The maximum Gasteiger partial charge on any atom is 0.346 e. The Kier molecular flexibility index (Phi) is 3.26. The lowest BCUT2D eigenvalue weighted by atomic mass is 10.3. The van der Waals surface area contributed by atoms with Gasteiger partial charge in [-0.15, -0.1) is 21.5 Å². The molecular formula is C14H15N3O2S2. The van der Waals surface area contributed by atoms with Crippen molar-refractivity contribution in [2.75, 3.05) is 0 Å². The van der Waals surface area contributed by atoms with Gasteiger partial charge in [0.15, 0.2) is 5.16 Å². The lowest BCUT2D eigenvalue weighted by Gasteiger charge is -2.07. The summed E-state index contributed by atoms with van der Waals surface area (Å²) in [6.45, 7) is 0. The van der Waals surface area contributed by atoms with E-state index in [0.717, 1.165) is 16.5 Å². The van der Waals surface area contributed by atoms with Crippen molar-refractivity contribution >= 4 is 29.1 Å². The van der Waals surface area contributed by atoms with E-state index in [1.165, 1.54) is 37.0 Å². The average molecular weight is 321 g/mol. The van der Waals surface area contributed by atoms with Crippen molar-refractivity contribution in [1.29, 1.82) is 0 Å². The van der Waals surface area contributed by atoms with Crippen molar-refractivity contribution in [3.63, 3.8) is 0 Å². The molecular weight excluding hydrogens is 306 g/mol. The minimum atomic E-state index is -0.845. The Hall–Kier alpha value is -1.34. The number of carboxylic acid groups (broad SMARTS) is 1. The molecule has 0 spiro atoms. The molecule has 0 radical (unpaired) electrons. The van der Waals surface area contributed by atoms with Crippen LogP contribution in [-0.2, 0) is 5.75 Å². The van der Waals surface area contributed by atoms with Crippen LogP contribution in [0.5, 0.6) is 0 Å². The molecule has 0 unspecified atom stereocenters. The molecule has 7 heteroatoms. The molecule has 0 atom stereocenters. The molecule has 2 fully saturated rings. The first-order valence-electron chi connectivity index (χ1n) is 7.11. The van der Waals surface area contributed by atoms with Crippen LogP contribution in [0.15, 0.2) is 16.6 Å². The van der Waals surface area contributed by atoms with E-state index in [0.29, 0.717) is 22.6 Å². The van der Waals surface area contributed by atoms with Gasteiger partial charge in [-0.05, 0) is 42.7 Å². The average Bonchev–Trinajstić information content (AvgIpc) is 3.39. The van der Waals surface area contributed by atoms with Crippen LogP contribution in [0.1, 0.15) is 58.7 Å². The molecule has 110 valence electrons. The fourth-order valence-corrected chi connectivity index (χ4v) is 4.32. The maximum atomic E-state index is 11.1. The van der Waals surface area contributed by atoms with Crippen LogP contribution in [0.2, 0.25) is 0 Å². The first kappa shape index (κ1) is 13.3. The van der Waals surface area contributed by atoms with Crippen LogP contribution in [0.4, 0.5) is 0 Å². The SMILES string of the molecule is O=C(O)c1sccc1CSc1nnc(C2CC2)n1C1CC1. The van der Waals surface area contributed by atoms with Crippen LogP contribution in [0, 0.1) is 0 Å². The number of thioether (sulfide) groups is 1. The molecule has 0 aliphatic heterocycles. The lowest BCUT2D eigenvalue weighted by Crippen LogP contribution is -2.02. The zero-order chi connectivity index (χ0) is 14.4. The quantitative estimate of drug-likeness (QED) is 0.824. The van der Waals surface area contributed by atoms with Gasteiger partial charge in [-0.1, -0.05) is 11.8 Å². The van der Waals surface area contributed by atoms with Gasteiger partial charge in [0.05, 0.1) is 0 Å². The third-order valence-electron chi connectivity index (χ3n) is 3.84. The summed E-state index contributed by atoms with van der Waals surface area (Å²) in [5.74, 6) is 1.54. The van der Waals surface area contributed by atoms with Crippen LogP contribution >= 0.6 is 23.1 Å². The molecule has 5 nitrogen and oxygen atoms in total. The van der Waals surface area contributed by atoms with E-state index in [1.807, 2.05) is 11.4 Å². The van der Waals surface area contributed by atoms with E-state index in [9.17, 15) is 4.79 Å². The minimum Gasteiger partial charge on any atom is -0.477 e. The van der Waals surface area contributed by atoms with Crippen LogP contribution in [-0.4, -0.2) is 25.8 Å². The summed E-state index contributed by atoms with van der Waals surface area (Å²) in [4.78, 5) is 11.6. The predicted octanol–water partition coefficient (Wildman–Crippen LogP) is 3.54. The molecule has 21 heavy (non-hydrogen) atoms. The number of nitrogens with zero attached hydrogens (tertiary/aromatic N) is 3. The number of hydrogen-bond donors (Lipinski definition) is 1. The second-order valence-electron chi connectivity index (χ2n) is 5.59. The topological polar surface area (TPSA) is 68.0 Å². The molecule has 2 aromatic rings. The molecule has 2 heterocycles. The van der Waals surface area contributed by atoms with Gasteiger partial charge in [-0.3, -0.25) is 0 Å². The molecule has 0 saturated heterocycles. The zero-order valence-electron chi connectivity index (χ0n) is 11.4. The van der Waals surface area contributed by atoms with Gasteiger partial charge in [0, 0.05) is 17.7 Å². The van der Waals surface area contributed by atoms with Crippen molar-refractivity contribution in [3.8, 4) is 0 Å². The Bertz CT molecular complexity index is 686. The maximum absolute atomic E-state index is 11.1. The second kappa shape index (κ2) is 5.14. The normalized spacial score (nSPS) is 18.1. The Morgan fingerprint density at radius 3 is 2.86 bits per heavy atom. The highest BCUT2D eigenvalue weighted by Crippen LogP contribution is 2.46. The van der Waals surface area contributed by atoms with E-state index < -0.39 is 5.97 Å². The fraction of sp³-hybridized carbons (Fsp3) is 0.500. The summed E-state index contributed by atoms with van der Waals surface area (Å²) >= 11 is 2.88. The highest BCUT2D eigenvalue weighted by Gasteiger charge is 2.36. The molecule has 2 aliphatic rings. The summed E-state index contributed by atoms with van der Waals surface area (Å²) in [6, 6.07) is 2.46. The first-order chi connectivity index (χ1) is 10.2. The van der Waals surface area contributed by atoms with Crippen molar-refractivity contribution in [2.45, 2.75) is 48.6 Å². The standard InChI is InChI=1S/C14H15N3O2S2/c18-13(19)11-9(5-6-20-11)7-21-14-16-15-12(8-1-2-8)17(14)10-3-4-10/h5-6,8,10H,1-4,7H2,(H,18,19). The minimum absolute atomic E-state index is 0.433. The van der Waals surface area contributed by atoms with Crippen molar-refractivity contribution in [2.24, 2.45) is 0 Å². The van der Waals surface area contributed by atoms with E-state index in [4.69, 9.17) is 5.11 Å². The number of carboxylic acids is 1. The van der Waals surface area contributed by atoms with Crippen molar-refractivity contribution in [1.82, 2.24) is 14.8 Å². The monoisotopic (exact) mass is 321 g/mol. The van der Waals surface area contributed by atoms with Crippen LogP contribution < -0.4 is 0 Å². The second-order valence-corrected chi connectivity index (χ2v) is 7.44. The number of aromatic carboxylic acids is 1. The van der Waals surface area contributed by atoms with Crippen molar-refractivity contribution in [3.05, 3.63) is 27.7 Å². The van der Waals surface area contributed by atoms with Gasteiger partial charge < -0.3 is 9.67 Å². The molecule has 2 saturated carbocycles. The zero-order valence-corrected chi connectivity index (χ0v) is 13.0. The summed E-state index contributed by atoms with van der Waals surface area (Å²) in [6.07, 6.45) is 4.88. The molecule has 2 aliphatic carbocycles. The number of hydrogen-bond acceptors (Lipinski definition) is 5. The first-order valence-corrected chi connectivity index (χ1v) is 8.98. The molecule has 1 N–H and O–H groups in total. The van der Waals surface area contributed by atoms with E-state index >= 15 is 0 Å². The lowest BCUT2D eigenvalue weighted by molar-refractivity contribution is 0.0701. The van der Waals surface area contributed by atoms with Crippen molar-refractivity contribution < 1.29 is 9.90 Å². The number of aromatic nitrogens is 3. The molecule has 2 aromatic heterocycles. The van der Waals surface area contributed by atoms with Gasteiger partial charge >= 0.3 is 5.97 Å². The Labute approximate surface area is 130 Å². The highest BCUT2D eigenvalue weighted by molar-refractivity contribution is 7.98. The van der Waals surface area contributed by atoms with Crippen LogP contribution in [0.3, 0.4) is 0 Å². The summed E-state index contributed by atoms with van der Waals surface area (Å²) in [7, 11) is 0. The fourth-order valence-electron chi connectivity index (χ4n) is 2.46. The van der Waals surface area contributed by atoms with E-state index in [-0.39, 0.29) is 0 Å². The summed E-state index contributed by atoms with van der Waals surface area (Å²) in [5, 5.41) is 20.7. The van der Waals surface area contributed by atoms with Gasteiger partial charge in [0.2, 0.25) is 0 Å². The predicted molar refractivity (Wildman–Crippen MR) is 81.1 cm³/mol. The number of thiophene rings is 1. The summed E-state index contributed by atoms with van der Waals surface area (Å²) < 4.78 is 2.30. The molecule has 0 bridgehead atoms. The molecule has 0 amide bonds. The number of rotatable bonds is 6. The van der Waals surface area contributed by atoms with Gasteiger partial charge in [0.25, 0.3) is 0 Å². The molecule has 4 rings (SSSR count). The smallest absolute Gasteiger partial charge is 0.346 e. The Balaban J connectivity index is 1.54. The highest BCUT2D eigenvalue weighted by atomic mass is 32.2. The Morgan fingerprint density at radius 1 is 1.38 bits per heavy atom. The van der Waals surface area contributed by atoms with E-state index in [2.05, 4.69) is 14.8 Å². The summed E-state index contributed by atoms with van der Waals surface area (Å²) in [5.41, 5.74) is 0.871. The third-order valence-corrected chi connectivity index (χ3v) is 5.78. The van der Waals surface area contributed by atoms with Crippen LogP contribution in [0.25, 0.3) is 0 Å². The van der Waals surface area contributed by atoms with E-state index in [1.54, 1.807) is 11.8 Å². The Morgan fingerprint density at radius 2 is 2.19 bits per heavy atom. The third kappa shape index (κ3) is 2.60. The largest absolute Gasteiger partial charge is 0.477 e. The van der Waals surface area contributed by atoms with Gasteiger partial charge in [0.1, 0.15) is 10.7 Å². The van der Waals surface area contributed by atoms with Gasteiger partial charge in [-0.25, -0.2) is 4.79 Å².